The lowest BCUT2D eigenvalue weighted by molar-refractivity contribution is 0.286. The Bertz CT molecular complexity index is 186. The fraction of sp³-hybridized carbons (Fsp3) is 1.00. The van der Waals surface area contributed by atoms with Crippen molar-refractivity contribution in [1.29, 1.82) is 0 Å². The molecule has 20 heavy (non-hydrogen) atoms. The van der Waals surface area contributed by atoms with E-state index in [0.717, 1.165) is 18.9 Å². The maximum atomic E-state index is 5.82. The Morgan fingerprint density at radius 1 is 0.850 bits per heavy atom. The van der Waals surface area contributed by atoms with Crippen LogP contribution in [0.1, 0.15) is 93.4 Å². The van der Waals surface area contributed by atoms with Crippen LogP contribution in [-0.2, 0) is 0 Å². The third kappa shape index (κ3) is 20.2. The molecule has 2 heteroatoms. The van der Waals surface area contributed by atoms with Crippen molar-refractivity contribution < 1.29 is 0 Å². The maximum Gasteiger partial charge on any atom is 0.0102 e. The Morgan fingerprint density at radius 3 is 1.65 bits per heavy atom. The number of hydrogen-bond donors (Lipinski definition) is 2. The van der Waals surface area contributed by atoms with Gasteiger partial charge in [0.05, 0.1) is 0 Å². The molecule has 0 aliphatic carbocycles. The van der Waals surface area contributed by atoms with Crippen molar-refractivity contribution in [3.63, 3.8) is 0 Å². The molecular weight excluding hydrogens is 244 g/mol. The summed E-state index contributed by atoms with van der Waals surface area (Å²) in [6.07, 6.45) is 9.09. The average molecular weight is 287 g/mol. The van der Waals surface area contributed by atoms with Crippen LogP contribution < -0.4 is 11.5 Å². The second-order valence-corrected chi connectivity index (χ2v) is 8.11. The van der Waals surface area contributed by atoms with Gasteiger partial charge in [-0.3, -0.25) is 0 Å². The predicted molar refractivity (Wildman–Crippen MR) is 93.9 cm³/mol. The first kappa shape index (κ1) is 22.2. The molecule has 0 saturated carbocycles. The fourth-order valence-electron chi connectivity index (χ4n) is 2.84. The Labute approximate surface area is 129 Å². The number of unbranched alkanes of at least 4 members (excludes halogenated alkanes) is 2. The zero-order valence-corrected chi connectivity index (χ0v) is 15.4. The van der Waals surface area contributed by atoms with Crippen LogP contribution in [-0.4, -0.2) is 12.1 Å². The van der Waals surface area contributed by atoms with Gasteiger partial charge in [-0.05, 0) is 51.0 Å². The Hall–Kier alpha value is -0.0800. The van der Waals surface area contributed by atoms with Crippen molar-refractivity contribution in [2.75, 3.05) is 6.54 Å². The zero-order valence-electron chi connectivity index (χ0n) is 15.4. The van der Waals surface area contributed by atoms with Crippen molar-refractivity contribution >= 4 is 0 Å². The molecular formula is C18H42N2. The lowest BCUT2D eigenvalue weighted by Gasteiger charge is -2.28. The fourth-order valence-corrected chi connectivity index (χ4v) is 2.84. The van der Waals surface area contributed by atoms with E-state index < -0.39 is 0 Å². The topological polar surface area (TPSA) is 52.0 Å². The van der Waals surface area contributed by atoms with E-state index in [0.29, 0.717) is 5.41 Å². The lowest BCUT2D eigenvalue weighted by Crippen LogP contribution is -2.36. The lowest BCUT2D eigenvalue weighted by atomic mass is 9.82. The normalized spacial score (nSPS) is 13.7. The molecule has 0 aromatic carbocycles. The summed E-state index contributed by atoms with van der Waals surface area (Å²) in [7, 11) is 0. The second kappa shape index (κ2) is 11.6. The highest BCUT2D eigenvalue weighted by Gasteiger charge is 2.20. The van der Waals surface area contributed by atoms with Gasteiger partial charge in [-0.2, -0.15) is 0 Å². The standard InChI is InChI=1S/C10H23N.C8H19N/c1-3-5-6-8-10(9-11)7-4-2;1-7(2,3)6-8(4,5)9/h10H,3-9,11H2,1-2H3;6,9H2,1-5H3. The van der Waals surface area contributed by atoms with Gasteiger partial charge in [0.25, 0.3) is 0 Å². The quantitative estimate of drug-likeness (QED) is 0.610. The number of rotatable bonds is 8. The second-order valence-electron chi connectivity index (χ2n) is 8.11. The summed E-state index contributed by atoms with van der Waals surface area (Å²) in [5, 5.41) is 0. The van der Waals surface area contributed by atoms with Crippen molar-refractivity contribution in [3.05, 3.63) is 0 Å². The summed E-state index contributed by atoms with van der Waals surface area (Å²) in [5.41, 5.74) is 11.8. The third-order valence-corrected chi connectivity index (χ3v) is 3.23. The first-order valence-electron chi connectivity index (χ1n) is 8.54. The van der Waals surface area contributed by atoms with E-state index in [1.165, 1.54) is 38.5 Å². The molecule has 0 rings (SSSR count). The maximum absolute atomic E-state index is 5.82. The van der Waals surface area contributed by atoms with Crippen LogP contribution >= 0.6 is 0 Å². The molecule has 0 fully saturated rings. The van der Waals surface area contributed by atoms with Crippen LogP contribution in [0.3, 0.4) is 0 Å². The van der Waals surface area contributed by atoms with E-state index in [1.54, 1.807) is 0 Å². The minimum atomic E-state index is -0.0156. The van der Waals surface area contributed by atoms with E-state index in [4.69, 9.17) is 11.5 Å². The third-order valence-electron chi connectivity index (χ3n) is 3.23. The molecule has 2 nitrogen and oxygen atoms in total. The van der Waals surface area contributed by atoms with E-state index in [9.17, 15) is 0 Å². The van der Waals surface area contributed by atoms with Crippen LogP contribution in [0.25, 0.3) is 0 Å². The summed E-state index contributed by atoms with van der Waals surface area (Å²) in [6, 6.07) is 0. The Kier molecular flexibility index (Phi) is 12.8. The molecule has 0 bridgehead atoms. The Morgan fingerprint density at radius 2 is 1.40 bits per heavy atom. The van der Waals surface area contributed by atoms with Gasteiger partial charge >= 0.3 is 0 Å². The van der Waals surface area contributed by atoms with Crippen molar-refractivity contribution in [1.82, 2.24) is 0 Å². The summed E-state index contributed by atoms with van der Waals surface area (Å²) >= 11 is 0. The predicted octanol–water partition coefficient (Wildman–Crippen LogP) is 5.10. The first-order valence-corrected chi connectivity index (χ1v) is 8.54. The van der Waals surface area contributed by atoms with Gasteiger partial charge in [-0.1, -0.05) is 60.3 Å². The highest BCUT2D eigenvalue weighted by Crippen LogP contribution is 2.24. The van der Waals surface area contributed by atoms with Crippen molar-refractivity contribution in [2.24, 2.45) is 22.8 Å². The molecule has 0 aliphatic rings. The molecule has 4 N–H and O–H groups in total. The molecule has 0 aromatic rings. The van der Waals surface area contributed by atoms with Crippen molar-refractivity contribution in [3.8, 4) is 0 Å². The van der Waals surface area contributed by atoms with Gasteiger partial charge in [0.2, 0.25) is 0 Å². The van der Waals surface area contributed by atoms with E-state index in [-0.39, 0.29) is 5.54 Å². The minimum absolute atomic E-state index is 0.0156. The summed E-state index contributed by atoms with van der Waals surface area (Å²) < 4.78 is 0. The molecule has 0 heterocycles. The average Bonchev–Trinajstić information content (AvgIpc) is 2.24. The minimum Gasteiger partial charge on any atom is -0.330 e. The summed E-state index contributed by atoms with van der Waals surface area (Å²) in [4.78, 5) is 0. The zero-order chi connectivity index (χ0) is 16.2. The van der Waals surface area contributed by atoms with Crippen LogP contribution in [0.2, 0.25) is 0 Å². The van der Waals surface area contributed by atoms with Gasteiger partial charge in [0.1, 0.15) is 0 Å². The molecule has 0 amide bonds. The Balaban J connectivity index is 0. The van der Waals surface area contributed by atoms with Crippen LogP contribution in [0.15, 0.2) is 0 Å². The van der Waals surface area contributed by atoms with E-state index in [1.807, 2.05) is 0 Å². The first-order chi connectivity index (χ1) is 9.05. The van der Waals surface area contributed by atoms with Crippen LogP contribution in [0.5, 0.6) is 0 Å². The molecule has 1 atom stereocenters. The monoisotopic (exact) mass is 286 g/mol. The highest BCUT2D eigenvalue weighted by molar-refractivity contribution is 4.78. The van der Waals surface area contributed by atoms with Crippen molar-refractivity contribution in [2.45, 2.75) is 99.0 Å². The van der Waals surface area contributed by atoms with Gasteiger partial charge < -0.3 is 11.5 Å². The summed E-state index contributed by atoms with van der Waals surface area (Å²) in [5.74, 6) is 0.798. The molecule has 0 spiro atoms. The van der Waals surface area contributed by atoms with Crippen LogP contribution in [0, 0.1) is 11.3 Å². The molecule has 1 unspecified atom stereocenters. The summed E-state index contributed by atoms with van der Waals surface area (Å²) in [6.45, 7) is 16.1. The molecule has 0 saturated heterocycles. The highest BCUT2D eigenvalue weighted by atomic mass is 14.7. The molecule has 0 radical (unpaired) electrons. The van der Waals surface area contributed by atoms with Gasteiger partial charge in [0, 0.05) is 5.54 Å². The molecule has 124 valence electrons. The number of nitrogens with two attached hydrogens (primary N) is 2. The SMILES string of the molecule is CC(C)(C)CC(C)(C)N.CCCCCC(CN)CCC. The molecule has 0 aromatic heterocycles. The van der Waals surface area contributed by atoms with E-state index in [2.05, 4.69) is 48.5 Å². The van der Waals surface area contributed by atoms with Crippen LogP contribution in [0.4, 0.5) is 0 Å². The van der Waals surface area contributed by atoms with Gasteiger partial charge in [0.15, 0.2) is 0 Å². The molecule has 0 aliphatic heterocycles. The van der Waals surface area contributed by atoms with E-state index >= 15 is 0 Å². The number of hydrogen-bond acceptors (Lipinski definition) is 2. The largest absolute Gasteiger partial charge is 0.330 e. The smallest absolute Gasteiger partial charge is 0.0102 e. The van der Waals surface area contributed by atoms with Gasteiger partial charge in [-0.25, -0.2) is 0 Å². The van der Waals surface area contributed by atoms with Gasteiger partial charge in [-0.15, -0.1) is 0 Å².